The average molecular weight is 307 g/mol. The van der Waals surface area contributed by atoms with E-state index in [9.17, 15) is 9.59 Å². The van der Waals surface area contributed by atoms with E-state index in [1.54, 1.807) is 24.3 Å². The second kappa shape index (κ2) is 9.07. The number of ether oxygens (including phenoxy) is 2. The number of hydrogen-bond donors (Lipinski definition) is 1. The second-order valence-electron chi connectivity index (χ2n) is 5.42. The van der Waals surface area contributed by atoms with Crippen LogP contribution < -0.4 is 10.1 Å². The minimum atomic E-state index is -0.672. The molecule has 0 fully saturated rings. The van der Waals surface area contributed by atoms with Gasteiger partial charge in [-0.25, -0.2) is 4.79 Å². The topological polar surface area (TPSA) is 64.6 Å². The molecule has 1 aromatic carbocycles. The highest BCUT2D eigenvalue weighted by molar-refractivity contribution is 5.99. The van der Waals surface area contributed by atoms with Gasteiger partial charge in [-0.2, -0.15) is 0 Å². The number of rotatable bonds is 8. The van der Waals surface area contributed by atoms with E-state index in [4.69, 9.17) is 9.47 Å². The van der Waals surface area contributed by atoms with Crippen LogP contribution in [0.4, 0.5) is 0 Å². The van der Waals surface area contributed by atoms with Crippen molar-refractivity contribution in [1.82, 2.24) is 5.32 Å². The highest BCUT2D eigenvalue weighted by atomic mass is 16.5. The molecule has 5 nitrogen and oxygen atoms in total. The summed E-state index contributed by atoms with van der Waals surface area (Å²) in [6, 6.07) is 6.23. The highest BCUT2D eigenvalue weighted by Crippen LogP contribution is 2.17. The monoisotopic (exact) mass is 307 g/mol. The standard InChI is InChI=1S/C17H25NO4/c1-5-6-11-22-17(20)15(12(2)3)18-16(19)13-9-7-8-10-14(13)21-4/h7-10,12,15H,5-6,11H2,1-4H3,(H,18,19). The molecular weight excluding hydrogens is 282 g/mol. The molecule has 0 spiro atoms. The SMILES string of the molecule is CCCCOC(=O)C(NC(=O)c1ccccc1OC)C(C)C. The van der Waals surface area contributed by atoms with Crippen molar-refractivity contribution in [3.63, 3.8) is 0 Å². The van der Waals surface area contributed by atoms with E-state index in [0.29, 0.717) is 17.9 Å². The molecule has 0 bridgehead atoms. The summed E-state index contributed by atoms with van der Waals surface area (Å²) in [5, 5.41) is 2.74. The number of para-hydroxylation sites is 1. The lowest BCUT2D eigenvalue weighted by Crippen LogP contribution is -2.45. The Morgan fingerprint density at radius 2 is 1.91 bits per heavy atom. The average Bonchev–Trinajstić information content (AvgIpc) is 2.52. The van der Waals surface area contributed by atoms with Gasteiger partial charge in [0.15, 0.2) is 0 Å². The predicted molar refractivity (Wildman–Crippen MR) is 85.0 cm³/mol. The molecule has 1 unspecified atom stereocenters. The van der Waals surface area contributed by atoms with Crippen molar-refractivity contribution in [3.05, 3.63) is 29.8 Å². The van der Waals surface area contributed by atoms with Crippen molar-refractivity contribution >= 4 is 11.9 Å². The Bertz CT molecular complexity index is 499. The van der Waals surface area contributed by atoms with E-state index in [1.165, 1.54) is 7.11 Å². The van der Waals surface area contributed by atoms with E-state index >= 15 is 0 Å². The van der Waals surface area contributed by atoms with Crippen molar-refractivity contribution in [2.45, 2.75) is 39.7 Å². The minimum absolute atomic E-state index is 0.0622. The number of carbonyl (C=O) groups excluding carboxylic acids is 2. The first-order chi connectivity index (χ1) is 10.5. The van der Waals surface area contributed by atoms with Crippen molar-refractivity contribution in [2.75, 3.05) is 13.7 Å². The third-order valence-electron chi connectivity index (χ3n) is 3.30. The smallest absolute Gasteiger partial charge is 0.328 e. The Hall–Kier alpha value is -2.04. The van der Waals surface area contributed by atoms with Crippen LogP contribution in [0, 0.1) is 5.92 Å². The van der Waals surface area contributed by atoms with E-state index in [-0.39, 0.29) is 11.8 Å². The number of hydrogen-bond acceptors (Lipinski definition) is 4. The summed E-state index contributed by atoms with van der Waals surface area (Å²) in [5.41, 5.74) is 0.400. The number of carbonyl (C=O) groups is 2. The van der Waals surface area contributed by atoms with Gasteiger partial charge in [0.05, 0.1) is 19.3 Å². The molecule has 122 valence electrons. The molecule has 1 atom stereocenters. The maximum atomic E-state index is 12.4. The summed E-state index contributed by atoms with van der Waals surface area (Å²) in [7, 11) is 1.51. The molecule has 22 heavy (non-hydrogen) atoms. The number of esters is 1. The summed E-state index contributed by atoms with van der Waals surface area (Å²) >= 11 is 0. The molecule has 5 heteroatoms. The molecule has 0 aliphatic rings. The quantitative estimate of drug-likeness (QED) is 0.592. The van der Waals surface area contributed by atoms with Gasteiger partial charge in [0.25, 0.3) is 5.91 Å². The van der Waals surface area contributed by atoms with Crippen LogP contribution in [0.15, 0.2) is 24.3 Å². The minimum Gasteiger partial charge on any atom is -0.496 e. The van der Waals surface area contributed by atoms with Gasteiger partial charge in [-0.3, -0.25) is 4.79 Å². The first kappa shape index (κ1) is 18.0. The zero-order valence-corrected chi connectivity index (χ0v) is 13.7. The van der Waals surface area contributed by atoms with Crippen LogP contribution in [0.3, 0.4) is 0 Å². The van der Waals surface area contributed by atoms with Gasteiger partial charge < -0.3 is 14.8 Å². The van der Waals surface area contributed by atoms with Crippen molar-refractivity contribution in [3.8, 4) is 5.75 Å². The lowest BCUT2D eigenvalue weighted by atomic mass is 10.0. The zero-order chi connectivity index (χ0) is 16.5. The van der Waals surface area contributed by atoms with Crippen LogP contribution >= 0.6 is 0 Å². The molecule has 1 N–H and O–H groups in total. The van der Waals surface area contributed by atoms with Gasteiger partial charge in [-0.15, -0.1) is 0 Å². The van der Waals surface area contributed by atoms with Gasteiger partial charge in [0, 0.05) is 0 Å². The first-order valence-electron chi connectivity index (χ1n) is 7.61. The largest absolute Gasteiger partial charge is 0.496 e. The molecule has 0 radical (unpaired) electrons. The van der Waals surface area contributed by atoms with Gasteiger partial charge >= 0.3 is 5.97 Å². The van der Waals surface area contributed by atoms with Gasteiger partial charge in [-0.05, 0) is 24.5 Å². The fraction of sp³-hybridized carbons (Fsp3) is 0.529. The number of benzene rings is 1. The molecule has 0 saturated carbocycles. The highest BCUT2D eigenvalue weighted by Gasteiger charge is 2.26. The summed E-state index contributed by atoms with van der Waals surface area (Å²) in [5.74, 6) is -0.329. The van der Waals surface area contributed by atoms with Crippen LogP contribution in [0.1, 0.15) is 44.0 Å². The molecule has 0 heterocycles. The third-order valence-corrected chi connectivity index (χ3v) is 3.30. The maximum absolute atomic E-state index is 12.4. The first-order valence-corrected chi connectivity index (χ1v) is 7.61. The fourth-order valence-electron chi connectivity index (χ4n) is 1.96. The van der Waals surface area contributed by atoms with Gasteiger partial charge in [0.1, 0.15) is 11.8 Å². The van der Waals surface area contributed by atoms with E-state index in [1.807, 2.05) is 20.8 Å². The molecule has 0 aliphatic heterocycles. The lowest BCUT2D eigenvalue weighted by Gasteiger charge is -2.21. The molecule has 1 rings (SSSR count). The van der Waals surface area contributed by atoms with Crippen LogP contribution in [0.5, 0.6) is 5.75 Å². The summed E-state index contributed by atoms with van der Waals surface area (Å²) in [6.07, 6.45) is 1.77. The van der Waals surface area contributed by atoms with Gasteiger partial charge in [0.2, 0.25) is 0 Å². The van der Waals surface area contributed by atoms with E-state index < -0.39 is 12.0 Å². The van der Waals surface area contributed by atoms with Gasteiger partial charge in [-0.1, -0.05) is 39.3 Å². The van der Waals surface area contributed by atoms with Crippen LogP contribution in [-0.4, -0.2) is 31.6 Å². The van der Waals surface area contributed by atoms with E-state index in [0.717, 1.165) is 12.8 Å². The Kier molecular flexibility index (Phi) is 7.43. The molecule has 0 saturated heterocycles. The normalized spacial score (nSPS) is 11.9. The number of unbranched alkanes of at least 4 members (excludes halogenated alkanes) is 1. The molecule has 1 amide bonds. The predicted octanol–water partition coefficient (Wildman–Crippen LogP) is 2.79. The fourth-order valence-corrected chi connectivity index (χ4v) is 1.96. The number of methoxy groups -OCH3 is 1. The summed E-state index contributed by atoms with van der Waals surface area (Å²) < 4.78 is 10.4. The third kappa shape index (κ3) is 5.06. The zero-order valence-electron chi connectivity index (χ0n) is 13.7. The number of amides is 1. The Balaban J connectivity index is 2.78. The van der Waals surface area contributed by atoms with Crippen LogP contribution in [0.2, 0.25) is 0 Å². The summed E-state index contributed by atoms with van der Waals surface area (Å²) in [6.45, 7) is 6.14. The second-order valence-corrected chi connectivity index (χ2v) is 5.42. The van der Waals surface area contributed by atoms with Crippen molar-refractivity contribution < 1.29 is 19.1 Å². The molecule has 1 aromatic rings. The Labute approximate surface area is 132 Å². The lowest BCUT2D eigenvalue weighted by molar-refractivity contribution is -0.147. The van der Waals surface area contributed by atoms with E-state index in [2.05, 4.69) is 5.32 Å². The Morgan fingerprint density at radius 3 is 2.50 bits per heavy atom. The number of nitrogens with one attached hydrogen (secondary N) is 1. The molecule has 0 aliphatic carbocycles. The molecular formula is C17H25NO4. The summed E-state index contributed by atoms with van der Waals surface area (Å²) in [4.78, 5) is 24.5. The maximum Gasteiger partial charge on any atom is 0.328 e. The van der Waals surface area contributed by atoms with Crippen molar-refractivity contribution in [1.29, 1.82) is 0 Å². The molecule has 0 aromatic heterocycles. The van der Waals surface area contributed by atoms with Crippen LogP contribution in [-0.2, 0) is 9.53 Å². The van der Waals surface area contributed by atoms with Crippen molar-refractivity contribution in [2.24, 2.45) is 5.92 Å². The Morgan fingerprint density at radius 1 is 1.23 bits per heavy atom. The van der Waals surface area contributed by atoms with Crippen LogP contribution in [0.25, 0.3) is 0 Å².